The molecule has 1 heterocycles. The smallest absolute Gasteiger partial charge is 0.308 e. The van der Waals surface area contributed by atoms with Gasteiger partial charge < -0.3 is 14.4 Å². The zero-order valence-corrected chi connectivity index (χ0v) is 12.2. The number of nitrogens with zero attached hydrogens (tertiary/aromatic N) is 1. The van der Waals surface area contributed by atoms with Crippen molar-refractivity contribution in [2.75, 3.05) is 33.9 Å². The van der Waals surface area contributed by atoms with Crippen molar-refractivity contribution in [1.82, 2.24) is 4.90 Å². The van der Waals surface area contributed by atoms with Crippen LogP contribution in [0.15, 0.2) is 30.3 Å². The van der Waals surface area contributed by atoms with E-state index in [9.17, 15) is 4.79 Å². The minimum absolute atomic E-state index is 0.0297. The molecule has 1 saturated heterocycles. The van der Waals surface area contributed by atoms with E-state index >= 15 is 0 Å². The molecule has 1 aromatic rings. The van der Waals surface area contributed by atoms with Crippen molar-refractivity contribution in [3.63, 3.8) is 0 Å². The molecule has 0 spiro atoms. The molecule has 0 N–H and O–H groups in total. The molecule has 0 saturated carbocycles. The summed E-state index contributed by atoms with van der Waals surface area (Å²) in [5, 5.41) is 0. The number of methoxy groups -OCH3 is 1. The van der Waals surface area contributed by atoms with Crippen LogP contribution in [0, 0.1) is 0 Å². The van der Waals surface area contributed by atoms with Crippen LogP contribution in [0.4, 0.5) is 0 Å². The van der Waals surface area contributed by atoms with Crippen LogP contribution in [0.25, 0.3) is 0 Å². The van der Waals surface area contributed by atoms with Gasteiger partial charge in [-0.3, -0.25) is 4.79 Å². The summed E-state index contributed by atoms with van der Waals surface area (Å²) in [6.07, 6.45) is 1.18. The summed E-state index contributed by atoms with van der Waals surface area (Å²) >= 11 is 0. The first-order chi connectivity index (χ1) is 9.70. The molecule has 1 aromatic carbocycles. The number of rotatable bonds is 5. The van der Waals surface area contributed by atoms with E-state index in [0.29, 0.717) is 13.0 Å². The van der Waals surface area contributed by atoms with E-state index in [1.165, 1.54) is 5.56 Å². The molecule has 0 radical (unpaired) electrons. The number of carbonyl (C=O) groups excluding carboxylic acids is 1. The zero-order chi connectivity index (χ0) is 14.4. The van der Waals surface area contributed by atoms with Gasteiger partial charge in [-0.15, -0.1) is 0 Å². The quantitative estimate of drug-likeness (QED) is 0.772. The maximum Gasteiger partial charge on any atom is 0.308 e. The summed E-state index contributed by atoms with van der Waals surface area (Å²) in [5.41, 5.74) is 1.24. The Labute approximate surface area is 120 Å². The first kappa shape index (κ1) is 15.0. The van der Waals surface area contributed by atoms with Gasteiger partial charge in [0.25, 0.3) is 0 Å². The zero-order valence-electron chi connectivity index (χ0n) is 12.2. The van der Waals surface area contributed by atoms with E-state index in [0.717, 1.165) is 19.5 Å². The SMILES string of the molecule is COCCC(=O)OC1CCN(C)CC1c1ccccc1. The maximum absolute atomic E-state index is 11.8. The monoisotopic (exact) mass is 277 g/mol. The van der Waals surface area contributed by atoms with Crippen molar-refractivity contribution in [3.05, 3.63) is 35.9 Å². The summed E-state index contributed by atoms with van der Waals surface area (Å²) in [6.45, 7) is 2.30. The number of likely N-dealkylation sites (tertiary alicyclic amines) is 1. The van der Waals surface area contributed by atoms with Crippen LogP contribution in [0.1, 0.15) is 24.3 Å². The van der Waals surface area contributed by atoms with Gasteiger partial charge in [0.2, 0.25) is 0 Å². The Bertz CT molecular complexity index is 421. The van der Waals surface area contributed by atoms with Gasteiger partial charge >= 0.3 is 5.97 Å². The molecule has 20 heavy (non-hydrogen) atoms. The predicted octanol–water partition coefficient (Wildman–Crippen LogP) is 2.05. The highest BCUT2D eigenvalue weighted by atomic mass is 16.5. The van der Waals surface area contributed by atoms with Crippen molar-refractivity contribution >= 4 is 5.97 Å². The number of likely N-dealkylation sites (N-methyl/N-ethyl adjacent to an activating group) is 1. The van der Waals surface area contributed by atoms with Crippen LogP contribution < -0.4 is 0 Å². The molecule has 2 atom stereocenters. The third kappa shape index (κ3) is 4.05. The number of hydrogen-bond acceptors (Lipinski definition) is 4. The van der Waals surface area contributed by atoms with Gasteiger partial charge in [0, 0.05) is 26.1 Å². The second-order valence-corrected chi connectivity index (χ2v) is 5.34. The lowest BCUT2D eigenvalue weighted by Gasteiger charge is -2.36. The van der Waals surface area contributed by atoms with Crippen molar-refractivity contribution in [2.24, 2.45) is 0 Å². The number of ether oxygens (including phenoxy) is 2. The lowest BCUT2D eigenvalue weighted by molar-refractivity contribution is -0.153. The minimum atomic E-state index is -0.165. The molecule has 1 aliphatic heterocycles. The summed E-state index contributed by atoms with van der Waals surface area (Å²) in [4.78, 5) is 14.1. The number of esters is 1. The maximum atomic E-state index is 11.8. The molecule has 1 aliphatic rings. The second kappa shape index (κ2) is 7.41. The van der Waals surface area contributed by atoms with E-state index < -0.39 is 0 Å². The van der Waals surface area contributed by atoms with Gasteiger partial charge in [-0.2, -0.15) is 0 Å². The molecule has 2 unspecified atom stereocenters. The molecule has 0 amide bonds. The lowest BCUT2D eigenvalue weighted by atomic mass is 9.88. The second-order valence-electron chi connectivity index (χ2n) is 5.34. The fourth-order valence-corrected chi connectivity index (χ4v) is 2.67. The van der Waals surface area contributed by atoms with Crippen LogP contribution in [-0.4, -0.2) is 50.8 Å². The van der Waals surface area contributed by atoms with Gasteiger partial charge in [-0.1, -0.05) is 30.3 Å². The number of hydrogen-bond donors (Lipinski definition) is 0. The van der Waals surface area contributed by atoms with Gasteiger partial charge in [-0.05, 0) is 19.0 Å². The normalized spacial score (nSPS) is 23.5. The molecule has 0 bridgehead atoms. The highest BCUT2D eigenvalue weighted by Crippen LogP contribution is 2.29. The lowest BCUT2D eigenvalue weighted by Crippen LogP contribution is -2.41. The highest BCUT2D eigenvalue weighted by Gasteiger charge is 2.31. The van der Waals surface area contributed by atoms with Crippen LogP contribution in [-0.2, 0) is 14.3 Å². The summed E-state index contributed by atoms with van der Waals surface area (Å²) in [7, 11) is 3.70. The largest absolute Gasteiger partial charge is 0.462 e. The average Bonchev–Trinajstić information content (AvgIpc) is 2.48. The molecule has 110 valence electrons. The fraction of sp³-hybridized carbons (Fsp3) is 0.562. The van der Waals surface area contributed by atoms with Gasteiger partial charge in [0.1, 0.15) is 6.10 Å². The van der Waals surface area contributed by atoms with E-state index in [2.05, 4.69) is 24.1 Å². The van der Waals surface area contributed by atoms with Crippen molar-refractivity contribution in [3.8, 4) is 0 Å². The van der Waals surface area contributed by atoms with Crippen LogP contribution in [0.2, 0.25) is 0 Å². The summed E-state index contributed by atoms with van der Waals surface area (Å²) < 4.78 is 10.6. The van der Waals surface area contributed by atoms with Crippen LogP contribution in [0.3, 0.4) is 0 Å². The molecule has 4 nitrogen and oxygen atoms in total. The molecule has 4 heteroatoms. The highest BCUT2D eigenvalue weighted by molar-refractivity contribution is 5.69. The molecular weight excluding hydrogens is 254 g/mol. The molecule has 0 aliphatic carbocycles. The first-order valence-corrected chi connectivity index (χ1v) is 7.12. The topological polar surface area (TPSA) is 38.8 Å². The van der Waals surface area contributed by atoms with Gasteiger partial charge in [0.15, 0.2) is 0 Å². The van der Waals surface area contributed by atoms with Crippen molar-refractivity contribution in [1.29, 1.82) is 0 Å². The standard InChI is InChI=1S/C16H23NO3/c1-17-10-8-15(20-16(18)9-11-19-2)14(12-17)13-6-4-3-5-7-13/h3-7,14-15H,8-12H2,1-2H3. The molecular formula is C16H23NO3. The van der Waals surface area contributed by atoms with E-state index in [1.807, 2.05) is 18.2 Å². The third-order valence-corrected chi connectivity index (χ3v) is 3.77. The van der Waals surface area contributed by atoms with E-state index in [1.54, 1.807) is 7.11 Å². The molecule has 1 fully saturated rings. The van der Waals surface area contributed by atoms with E-state index in [4.69, 9.17) is 9.47 Å². The molecule has 0 aromatic heterocycles. The van der Waals surface area contributed by atoms with Crippen LogP contribution >= 0.6 is 0 Å². The van der Waals surface area contributed by atoms with Crippen molar-refractivity contribution < 1.29 is 14.3 Å². The summed E-state index contributed by atoms with van der Waals surface area (Å²) in [6, 6.07) is 10.3. The van der Waals surface area contributed by atoms with Crippen LogP contribution in [0.5, 0.6) is 0 Å². The number of piperidine rings is 1. The first-order valence-electron chi connectivity index (χ1n) is 7.12. The minimum Gasteiger partial charge on any atom is -0.462 e. The Morgan fingerprint density at radius 3 is 2.80 bits per heavy atom. The average molecular weight is 277 g/mol. The Balaban J connectivity index is 2.03. The predicted molar refractivity (Wildman–Crippen MR) is 77.7 cm³/mol. The number of benzene rings is 1. The fourth-order valence-electron chi connectivity index (χ4n) is 2.67. The van der Waals surface area contributed by atoms with Gasteiger partial charge in [0.05, 0.1) is 13.0 Å². The third-order valence-electron chi connectivity index (χ3n) is 3.77. The van der Waals surface area contributed by atoms with E-state index in [-0.39, 0.29) is 18.0 Å². The molecule has 2 rings (SSSR count). The van der Waals surface area contributed by atoms with Crippen molar-refractivity contribution in [2.45, 2.75) is 24.9 Å². The number of carbonyl (C=O) groups is 1. The summed E-state index contributed by atoms with van der Waals surface area (Å²) in [5.74, 6) is 0.0868. The Hall–Kier alpha value is -1.39. The Kier molecular flexibility index (Phi) is 5.56. The van der Waals surface area contributed by atoms with Gasteiger partial charge in [-0.25, -0.2) is 0 Å². The Morgan fingerprint density at radius 1 is 1.35 bits per heavy atom. The Morgan fingerprint density at radius 2 is 2.10 bits per heavy atom.